The minimum atomic E-state index is -3.71. The first-order chi connectivity index (χ1) is 9.24. The van der Waals surface area contributed by atoms with E-state index in [4.69, 9.17) is 4.74 Å². The van der Waals surface area contributed by atoms with Crippen LogP contribution >= 0.6 is 0 Å². The van der Waals surface area contributed by atoms with Crippen LogP contribution in [0.5, 0.6) is 0 Å². The molecule has 114 valence electrons. The highest BCUT2D eigenvalue weighted by Crippen LogP contribution is 2.43. The maximum atomic E-state index is 12.5. The van der Waals surface area contributed by atoms with Gasteiger partial charge in [0.15, 0.2) is 0 Å². The molecule has 0 aliphatic heterocycles. The molecule has 2 unspecified atom stereocenters. The van der Waals surface area contributed by atoms with Gasteiger partial charge in [-0.25, -0.2) is 13.1 Å². The van der Waals surface area contributed by atoms with Crippen LogP contribution in [-0.2, 0) is 21.4 Å². The molecule has 0 amide bonds. The molecule has 0 saturated heterocycles. The first-order valence-electron chi connectivity index (χ1n) is 6.44. The molecule has 1 aromatic heterocycles. The van der Waals surface area contributed by atoms with Gasteiger partial charge in [0.2, 0.25) is 10.0 Å². The number of H-pyrrole nitrogens is 1. The van der Waals surface area contributed by atoms with Crippen LogP contribution in [0, 0.1) is 12.3 Å². The largest absolute Gasteiger partial charge is 0.390 e. The van der Waals surface area contributed by atoms with Crippen molar-refractivity contribution in [3.63, 3.8) is 0 Å². The average Bonchev–Trinajstić information content (AvgIpc) is 2.76. The molecular weight excluding hydrogens is 282 g/mol. The summed E-state index contributed by atoms with van der Waals surface area (Å²) in [5.41, 5.74) is 0.288. The number of aliphatic hydroxyl groups is 1. The number of aliphatic hydroxyl groups excluding tert-OH is 1. The second-order valence-electron chi connectivity index (χ2n) is 5.74. The van der Waals surface area contributed by atoms with Crippen LogP contribution in [0.2, 0.25) is 0 Å². The molecule has 0 spiro atoms. The molecule has 1 fully saturated rings. The highest BCUT2D eigenvalue weighted by molar-refractivity contribution is 7.89. The van der Waals surface area contributed by atoms with Gasteiger partial charge in [0.1, 0.15) is 10.6 Å². The molecule has 1 aromatic rings. The van der Waals surface area contributed by atoms with Crippen LogP contribution in [0.1, 0.15) is 31.7 Å². The van der Waals surface area contributed by atoms with Gasteiger partial charge in [-0.3, -0.25) is 5.10 Å². The highest BCUT2D eigenvalue weighted by Gasteiger charge is 2.50. The first-order valence-corrected chi connectivity index (χ1v) is 7.92. The second-order valence-corrected chi connectivity index (χ2v) is 7.39. The Bertz CT molecular complexity index is 594. The number of aromatic nitrogens is 2. The van der Waals surface area contributed by atoms with Crippen molar-refractivity contribution in [2.75, 3.05) is 7.11 Å². The van der Waals surface area contributed by atoms with Gasteiger partial charge in [-0.1, -0.05) is 13.8 Å². The summed E-state index contributed by atoms with van der Waals surface area (Å²) in [4.78, 5) is 0.0386. The minimum absolute atomic E-state index is 0.0386. The molecule has 0 aromatic carbocycles. The van der Waals surface area contributed by atoms with Crippen molar-refractivity contribution in [1.82, 2.24) is 14.9 Å². The number of rotatable bonds is 5. The Kier molecular flexibility index (Phi) is 3.94. The van der Waals surface area contributed by atoms with E-state index in [9.17, 15) is 13.5 Å². The smallest absolute Gasteiger partial charge is 0.244 e. The maximum Gasteiger partial charge on any atom is 0.244 e. The van der Waals surface area contributed by atoms with Crippen molar-refractivity contribution in [3.8, 4) is 0 Å². The Hall–Kier alpha value is -0.960. The molecule has 2 atom stereocenters. The van der Waals surface area contributed by atoms with E-state index in [-0.39, 0.29) is 28.2 Å². The van der Waals surface area contributed by atoms with E-state index in [1.165, 1.54) is 0 Å². The minimum Gasteiger partial charge on any atom is -0.390 e. The molecule has 0 bridgehead atoms. The van der Waals surface area contributed by atoms with Gasteiger partial charge in [0.05, 0.1) is 18.4 Å². The molecule has 0 radical (unpaired) electrons. The van der Waals surface area contributed by atoms with Crippen LogP contribution in [0.4, 0.5) is 0 Å². The summed E-state index contributed by atoms with van der Waals surface area (Å²) in [5, 5.41) is 15.6. The summed E-state index contributed by atoms with van der Waals surface area (Å²) in [6.45, 7) is 5.13. The lowest BCUT2D eigenvalue weighted by atomic mass is 9.65. The molecule has 20 heavy (non-hydrogen) atoms. The van der Waals surface area contributed by atoms with Crippen molar-refractivity contribution < 1.29 is 18.3 Å². The van der Waals surface area contributed by atoms with E-state index in [0.29, 0.717) is 12.1 Å². The number of methoxy groups -OCH3 is 1. The monoisotopic (exact) mass is 303 g/mol. The number of hydrogen-bond acceptors (Lipinski definition) is 5. The van der Waals surface area contributed by atoms with E-state index in [0.717, 1.165) is 0 Å². The fraction of sp³-hybridized carbons (Fsp3) is 0.750. The molecule has 1 heterocycles. The van der Waals surface area contributed by atoms with Gasteiger partial charge in [0, 0.05) is 18.6 Å². The van der Waals surface area contributed by atoms with Gasteiger partial charge < -0.3 is 9.84 Å². The molecule has 1 saturated carbocycles. The van der Waals surface area contributed by atoms with Gasteiger partial charge in [-0.2, -0.15) is 5.10 Å². The third kappa shape index (κ3) is 2.37. The van der Waals surface area contributed by atoms with Crippen molar-refractivity contribution in [2.24, 2.45) is 5.41 Å². The molecule has 3 N–H and O–H groups in total. The molecule has 2 rings (SSSR count). The quantitative estimate of drug-likeness (QED) is 0.726. The Morgan fingerprint density at radius 2 is 2.20 bits per heavy atom. The number of ether oxygens (including phenoxy) is 1. The zero-order valence-electron chi connectivity index (χ0n) is 12.1. The van der Waals surface area contributed by atoms with E-state index in [1.807, 2.05) is 13.8 Å². The summed E-state index contributed by atoms with van der Waals surface area (Å²) in [6, 6.07) is -0.196. The number of nitrogens with one attached hydrogen (secondary N) is 2. The number of aryl methyl sites for hydroxylation is 1. The standard InChI is InChI=1S/C12H21N3O4S/c1-7-11(8(6-16)14-13-7)20(17,18)15-9-5-10(19-4)12(9,2)3/h9-10,15-16H,5-6H2,1-4H3,(H,13,14). The fourth-order valence-corrected chi connectivity index (χ4v) is 4.43. The van der Waals surface area contributed by atoms with Crippen molar-refractivity contribution in [3.05, 3.63) is 11.4 Å². The van der Waals surface area contributed by atoms with E-state index in [2.05, 4.69) is 14.9 Å². The Labute approximate surface area is 118 Å². The summed E-state index contributed by atoms with van der Waals surface area (Å²) in [5.74, 6) is 0. The SMILES string of the molecule is COC1CC(NS(=O)(=O)c2c(CO)n[nH]c2C)C1(C)C. The number of nitrogens with zero attached hydrogens (tertiary/aromatic N) is 1. The normalized spacial score (nSPS) is 25.4. The summed E-state index contributed by atoms with van der Waals surface area (Å²) >= 11 is 0. The average molecular weight is 303 g/mol. The molecule has 8 heteroatoms. The molecule has 1 aliphatic carbocycles. The van der Waals surface area contributed by atoms with Crippen LogP contribution < -0.4 is 4.72 Å². The highest BCUT2D eigenvalue weighted by atomic mass is 32.2. The lowest BCUT2D eigenvalue weighted by Crippen LogP contribution is -2.61. The molecule has 7 nitrogen and oxygen atoms in total. The van der Waals surface area contributed by atoms with Gasteiger partial charge in [0.25, 0.3) is 0 Å². The van der Waals surface area contributed by atoms with Crippen LogP contribution in [0.15, 0.2) is 4.90 Å². The number of aromatic amines is 1. The van der Waals surface area contributed by atoms with Gasteiger partial charge in [-0.15, -0.1) is 0 Å². The van der Waals surface area contributed by atoms with Crippen molar-refractivity contribution in [2.45, 2.75) is 50.8 Å². The Morgan fingerprint density at radius 1 is 1.55 bits per heavy atom. The van der Waals surface area contributed by atoms with Crippen LogP contribution in [0.25, 0.3) is 0 Å². The summed E-state index contributed by atoms with van der Waals surface area (Å²) < 4.78 is 32.9. The topological polar surface area (TPSA) is 104 Å². The number of hydrogen-bond donors (Lipinski definition) is 3. The third-order valence-electron chi connectivity index (χ3n) is 4.14. The summed E-state index contributed by atoms with van der Waals surface area (Å²) in [7, 11) is -2.09. The second kappa shape index (κ2) is 5.10. The zero-order valence-corrected chi connectivity index (χ0v) is 12.9. The lowest BCUT2D eigenvalue weighted by molar-refractivity contribution is -0.0908. The predicted molar refractivity (Wildman–Crippen MR) is 72.6 cm³/mol. The lowest BCUT2D eigenvalue weighted by Gasteiger charge is -2.50. The fourth-order valence-electron chi connectivity index (χ4n) is 2.66. The van der Waals surface area contributed by atoms with E-state index < -0.39 is 16.6 Å². The van der Waals surface area contributed by atoms with Crippen LogP contribution in [-0.4, -0.2) is 43.0 Å². The van der Waals surface area contributed by atoms with Crippen LogP contribution in [0.3, 0.4) is 0 Å². The maximum absolute atomic E-state index is 12.5. The summed E-state index contributed by atoms with van der Waals surface area (Å²) in [6.07, 6.45) is 0.673. The third-order valence-corrected chi connectivity index (χ3v) is 5.81. The van der Waals surface area contributed by atoms with Crippen molar-refractivity contribution >= 4 is 10.0 Å². The van der Waals surface area contributed by atoms with E-state index in [1.54, 1.807) is 14.0 Å². The van der Waals surface area contributed by atoms with Gasteiger partial charge in [-0.05, 0) is 13.3 Å². The zero-order chi connectivity index (χ0) is 15.1. The number of sulfonamides is 1. The predicted octanol–water partition coefficient (Wildman–Crippen LogP) is 0.302. The van der Waals surface area contributed by atoms with Crippen molar-refractivity contribution in [1.29, 1.82) is 0 Å². The van der Waals surface area contributed by atoms with Gasteiger partial charge >= 0.3 is 0 Å². The first kappa shape index (κ1) is 15.4. The van der Waals surface area contributed by atoms with E-state index >= 15 is 0 Å². The Balaban J connectivity index is 2.23. The molecular formula is C12H21N3O4S. The Morgan fingerprint density at radius 3 is 2.70 bits per heavy atom. The molecule has 1 aliphatic rings.